The zero-order chi connectivity index (χ0) is 30.9. The lowest BCUT2D eigenvalue weighted by atomic mass is 9.91. The van der Waals surface area contributed by atoms with Gasteiger partial charge in [0.25, 0.3) is 0 Å². The van der Waals surface area contributed by atoms with Gasteiger partial charge in [0.2, 0.25) is 5.91 Å². The van der Waals surface area contributed by atoms with Crippen LogP contribution in [0.5, 0.6) is 11.5 Å². The van der Waals surface area contributed by atoms with E-state index in [1.54, 1.807) is 21.6 Å². The van der Waals surface area contributed by atoms with Gasteiger partial charge in [-0.2, -0.15) is 4.98 Å². The summed E-state index contributed by atoms with van der Waals surface area (Å²) in [4.78, 5) is 39.9. The van der Waals surface area contributed by atoms with E-state index in [4.69, 9.17) is 14.5 Å². The monoisotopic (exact) mass is 600 g/mol. The van der Waals surface area contributed by atoms with Crippen molar-refractivity contribution >= 4 is 28.4 Å². The van der Waals surface area contributed by atoms with Crippen LogP contribution >= 0.6 is 0 Å². The Kier molecular flexibility index (Phi) is 6.97. The molecule has 2 aromatic carbocycles. The molecular weight excluding hydrogens is 563 g/mol. The van der Waals surface area contributed by atoms with E-state index in [-0.39, 0.29) is 36.3 Å². The van der Waals surface area contributed by atoms with Crippen LogP contribution in [0.15, 0.2) is 48.3 Å². The van der Waals surface area contributed by atoms with Crippen molar-refractivity contribution in [3.63, 3.8) is 0 Å². The fraction of sp³-hybridized carbons (Fsp3) is 0.424. The second kappa shape index (κ2) is 10.7. The second-order valence-corrected chi connectivity index (χ2v) is 12.4. The number of ether oxygens (including phenoxy) is 2. The number of hydrogen-bond acceptors (Lipinski definition) is 8. The van der Waals surface area contributed by atoms with Gasteiger partial charge < -0.3 is 24.2 Å². The third-order valence-corrected chi connectivity index (χ3v) is 9.47. The predicted molar refractivity (Wildman–Crippen MR) is 168 cm³/mol. The molecule has 11 heteroatoms. The molecule has 4 aliphatic rings. The smallest absolute Gasteiger partial charge is 0.350 e. The summed E-state index contributed by atoms with van der Waals surface area (Å²) in [5.41, 5.74) is 1.64. The maximum absolute atomic E-state index is 15.5. The number of nitrogens with zero attached hydrogens (tertiary/aromatic N) is 6. The summed E-state index contributed by atoms with van der Waals surface area (Å²) < 4.78 is 29.8. The average molecular weight is 601 g/mol. The minimum atomic E-state index is -0.441. The molecule has 230 valence electrons. The van der Waals surface area contributed by atoms with Crippen LogP contribution in [0.4, 0.5) is 10.2 Å². The average Bonchev–Trinajstić information content (AvgIpc) is 3.01. The molecule has 44 heavy (non-hydrogen) atoms. The Morgan fingerprint density at radius 2 is 1.91 bits per heavy atom. The van der Waals surface area contributed by atoms with E-state index < -0.39 is 5.82 Å². The van der Waals surface area contributed by atoms with Gasteiger partial charge in [-0.1, -0.05) is 19.2 Å². The number of rotatable bonds is 4. The zero-order valence-corrected chi connectivity index (χ0v) is 25.4. The van der Waals surface area contributed by atoms with E-state index in [0.717, 1.165) is 26.2 Å². The van der Waals surface area contributed by atoms with Crippen molar-refractivity contribution in [3.05, 3.63) is 65.4 Å². The molecule has 1 amide bonds. The minimum Gasteiger partial charge on any atom is -0.488 e. The summed E-state index contributed by atoms with van der Waals surface area (Å²) in [6.45, 7) is 17.3. The van der Waals surface area contributed by atoms with E-state index in [1.807, 2.05) is 19.9 Å². The summed E-state index contributed by atoms with van der Waals surface area (Å²) >= 11 is 0. The minimum absolute atomic E-state index is 0.128. The normalized spacial score (nSPS) is 23.5. The quantitative estimate of drug-likeness (QED) is 0.422. The Balaban J connectivity index is 1.43. The van der Waals surface area contributed by atoms with Crippen molar-refractivity contribution in [1.29, 1.82) is 0 Å². The van der Waals surface area contributed by atoms with Gasteiger partial charge in [-0.15, -0.1) is 0 Å². The third-order valence-electron chi connectivity index (χ3n) is 9.47. The second-order valence-electron chi connectivity index (χ2n) is 12.4. The van der Waals surface area contributed by atoms with Crippen LogP contribution in [0, 0.1) is 5.82 Å². The largest absolute Gasteiger partial charge is 0.488 e. The number of hydrogen-bond donors (Lipinski definition) is 0. The molecule has 10 nitrogen and oxygen atoms in total. The van der Waals surface area contributed by atoms with Crippen LogP contribution < -0.4 is 20.1 Å². The summed E-state index contributed by atoms with van der Waals surface area (Å²) in [7, 11) is 2.11. The Morgan fingerprint density at radius 3 is 2.66 bits per heavy atom. The van der Waals surface area contributed by atoms with Crippen molar-refractivity contribution in [3.8, 4) is 22.6 Å². The zero-order valence-electron chi connectivity index (χ0n) is 25.4. The first-order chi connectivity index (χ1) is 21.2. The number of aromatic nitrogens is 2. The van der Waals surface area contributed by atoms with Gasteiger partial charge in [0.15, 0.2) is 5.75 Å². The molecule has 4 aliphatic heterocycles. The summed E-state index contributed by atoms with van der Waals surface area (Å²) in [5.74, 6) is 1.10. The SMILES string of the molecule is C=CC(=O)N1C[C@H](C)N(c2nc(=O)n3c4c(c5c(cc24)C(=C)Oc2cccc(F)c2-5)OC[C@@H]3CN2CCN(C)CC2)C[C@H]1C. The first kappa shape index (κ1) is 28.5. The molecule has 3 aromatic rings. The van der Waals surface area contributed by atoms with Crippen LogP contribution in [0.1, 0.15) is 25.5 Å². The molecule has 0 radical (unpaired) electrons. The first-order valence-electron chi connectivity index (χ1n) is 15.2. The summed E-state index contributed by atoms with van der Waals surface area (Å²) in [5, 5.41) is 0.702. The molecule has 5 heterocycles. The number of halogens is 1. The highest BCUT2D eigenvalue weighted by atomic mass is 19.1. The molecular formula is C33H37FN6O4. The number of carbonyl (C=O) groups is 1. The highest BCUT2D eigenvalue weighted by Crippen LogP contribution is 2.52. The number of benzene rings is 2. The Morgan fingerprint density at radius 1 is 1.14 bits per heavy atom. The van der Waals surface area contributed by atoms with Gasteiger partial charge in [-0.25, -0.2) is 9.18 Å². The number of anilines is 1. The maximum Gasteiger partial charge on any atom is 0.350 e. The van der Waals surface area contributed by atoms with Gasteiger partial charge >= 0.3 is 5.69 Å². The van der Waals surface area contributed by atoms with Gasteiger partial charge in [0, 0.05) is 74.4 Å². The van der Waals surface area contributed by atoms with Gasteiger partial charge in [-0.3, -0.25) is 14.3 Å². The third kappa shape index (κ3) is 4.48. The van der Waals surface area contributed by atoms with Crippen molar-refractivity contribution in [2.75, 3.05) is 64.4 Å². The standard InChI is InChI=1S/C33H37FN6O4/c1-6-27(41)38-15-20(3)39(16-19(38)2)32-24-14-23-21(4)44-26-9-7-8-25(34)29(26)28(23)31-30(24)40(33(42)35-32)22(18-43-31)17-37-12-10-36(5)11-13-37/h6-9,14,19-20,22H,1,4,10-13,15-18H2,2-3,5H3/t19-,20+,22+/m1/s1. The van der Waals surface area contributed by atoms with Crippen LogP contribution in [-0.2, 0) is 4.79 Å². The first-order valence-corrected chi connectivity index (χ1v) is 15.2. The molecule has 0 saturated carbocycles. The van der Waals surface area contributed by atoms with Gasteiger partial charge in [0.05, 0.1) is 17.1 Å². The van der Waals surface area contributed by atoms with Gasteiger partial charge in [-0.05, 0) is 45.2 Å². The highest BCUT2D eigenvalue weighted by molar-refractivity contribution is 6.05. The van der Waals surface area contributed by atoms with E-state index in [9.17, 15) is 9.59 Å². The Labute approximate surface area is 255 Å². The molecule has 0 N–H and O–H groups in total. The topological polar surface area (TPSA) is 83.4 Å². The summed E-state index contributed by atoms with van der Waals surface area (Å²) in [6, 6.07) is 6.06. The van der Waals surface area contributed by atoms with Crippen LogP contribution in [-0.4, -0.2) is 102 Å². The van der Waals surface area contributed by atoms with E-state index in [1.165, 1.54) is 12.1 Å². The molecule has 0 spiro atoms. The van der Waals surface area contributed by atoms with E-state index in [0.29, 0.717) is 70.3 Å². The Hall–Kier alpha value is -4.22. The Bertz CT molecular complexity index is 1760. The molecule has 0 unspecified atom stereocenters. The lowest BCUT2D eigenvalue weighted by Gasteiger charge is -2.45. The van der Waals surface area contributed by atoms with Gasteiger partial charge in [0.1, 0.15) is 29.8 Å². The molecule has 0 bridgehead atoms. The van der Waals surface area contributed by atoms with E-state index in [2.05, 4.69) is 34.9 Å². The lowest BCUT2D eigenvalue weighted by molar-refractivity contribution is -0.128. The van der Waals surface area contributed by atoms with Crippen LogP contribution in [0.2, 0.25) is 0 Å². The van der Waals surface area contributed by atoms with Crippen molar-refractivity contribution in [2.45, 2.75) is 32.0 Å². The van der Waals surface area contributed by atoms with Crippen LogP contribution in [0.25, 0.3) is 27.8 Å². The molecule has 3 atom stereocenters. The molecule has 1 aromatic heterocycles. The predicted octanol–water partition coefficient (Wildman–Crippen LogP) is 3.36. The number of carbonyl (C=O) groups excluding carboxylic acids is 1. The number of fused-ring (bicyclic) bond motifs is 4. The maximum atomic E-state index is 15.5. The molecule has 2 saturated heterocycles. The van der Waals surface area contributed by atoms with Crippen molar-refractivity contribution in [2.24, 2.45) is 0 Å². The number of piperazine rings is 2. The molecule has 2 fully saturated rings. The van der Waals surface area contributed by atoms with Crippen LogP contribution in [0.3, 0.4) is 0 Å². The number of likely N-dealkylation sites (N-methyl/N-ethyl adjacent to an activating group) is 1. The number of amides is 1. The van der Waals surface area contributed by atoms with Crippen molar-refractivity contribution in [1.82, 2.24) is 24.3 Å². The molecule has 0 aliphatic carbocycles. The van der Waals surface area contributed by atoms with Crippen molar-refractivity contribution < 1.29 is 18.7 Å². The lowest BCUT2D eigenvalue weighted by Crippen LogP contribution is -2.58. The fourth-order valence-electron chi connectivity index (χ4n) is 7.11. The molecule has 7 rings (SSSR count). The fourth-order valence-corrected chi connectivity index (χ4v) is 7.11. The summed E-state index contributed by atoms with van der Waals surface area (Å²) in [6.07, 6.45) is 1.33. The van der Waals surface area contributed by atoms with E-state index >= 15 is 4.39 Å². The highest BCUT2D eigenvalue weighted by Gasteiger charge is 2.38.